The van der Waals surface area contributed by atoms with Crippen molar-refractivity contribution < 1.29 is 0 Å². The zero-order valence-electron chi connectivity index (χ0n) is 4.45. The molecule has 0 fully saturated rings. The molecule has 2 atom stereocenters. The second kappa shape index (κ2) is 3.02. The molecule has 4 N–H and O–H groups in total. The van der Waals surface area contributed by atoms with Gasteiger partial charge in [0.2, 0.25) is 0 Å². The van der Waals surface area contributed by atoms with E-state index in [-0.39, 0.29) is 24.5 Å². The van der Waals surface area contributed by atoms with E-state index in [2.05, 4.69) is 4.99 Å². The van der Waals surface area contributed by atoms with Gasteiger partial charge in [0.05, 0.1) is 12.6 Å². The first-order valence-electron chi connectivity index (χ1n) is 2.32. The molecule has 1 aliphatic heterocycles. The normalized spacial score (nSPS) is 34.8. The van der Waals surface area contributed by atoms with E-state index in [4.69, 9.17) is 11.5 Å². The quantitative estimate of drug-likeness (QED) is 0.455. The summed E-state index contributed by atoms with van der Waals surface area (Å²) in [6, 6.07) is 0.0694. The third kappa shape index (κ3) is 1.43. The Balaban J connectivity index is 0.000000490. The summed E-state index contributed by atoms with van der Waals surface area (Å²) in [6.45, 7) is 0.696. The standard InChI is InChI=1S/C4H9N3.ClH/c5-3-1-7-2-4(3)6;/h1,3-4H,2,5-6H2;1H/t3-,4-;/m0./s1. The van der Waals surface area contributed by atoms with E-state index in [0.29, 0.717) is 6.54 Å². The van der Waals surface area contributed by atoms with E-state index in [1.807, 2.05) is 0 Å². The van der Waals surface area contributed by atoms with Crippen LogP contribution in [0.5, 0.6) is 0 Å². The largest absolute Gasteiger partial charge is 0.324 e. The Kier molecular flexibility index (Phi) is 2.97. The zero-order valence-corrected chi connectivity index (χ0v) is 5.27. The monoisotopic (exact) mass is 135 g/mol. The molecule has 0 radical (unpaired) electrons. The Morgan fingerprint density at radius 3 is 2.25 bits per heavy atom. The zero-order chi connectivity index (χ0) is 5.28. The summed E-state index contributed by atoms with van der Waals surface area (Å²) in [4.78, 5) is 3.87. The van der Waals surface area contributed by atoms with Gasteiger partial charge in [-0.15, -0.1) is 12.4 Å². The number of rotatable bonds is 0. The van der Waals surface area contributed by atoms with Crippen LogP contribution >= 0.6 is 12.4 Å². The Morgan fingerprint density at radius 1 is 1.50 bits per heavy atom. The first kappa shape index (κ1) is 7.88. The van der Waals surface area contributed by atoms with Crippen LogP contribution in [0.2, 0.25) is 0 Å². The summed E-state index contributed by atoms with van der Waals surface area (Å²) in [5.74, 6) is 0. The van der Waals surface area contributed by atoms with Gasteiger partial charge in [0.15, 0.2) is 0 Å². The number of nitrogens with zero attached hydrogens (tertiary/aromatic N) is 1. The maximum atomic E-state index is 5.43. The lowest BCUT2D eigenvalue weighted by atomic mass is 10.2. The molecule has 0 unspecified atom stereocenters. The number of hydrogen-bond donors (Lipinski definition) is 2. The molecule has 48 valence electrons. The van der Waals surface area contributed by atoms with Crippen molar-refractivity contribution in [1.29, 1.82) is 0 Å². The highest BCUT2D eigenvalue weighted by molar-refractivity contribution is 5.85. The highest BCUT2D eigenvalue weighted by Gasteiger charge is 2.13. The lowest BCUT2D eigenvalue weighted by Gasteiger charge is -2.03. The van der Waals surface area contributed by atoms with E-state index >= 15 is 0 Å². The number of hydrogen-bond acceptors (Lipinski definition) is 3. The van der Waals surface area contributed by atoms with Gasteiger partial charge in [0.25, 0.3) is 0 Å². The predicted octanol–water partition coefficient (Wildman–Crippen LogP) is -0.853. The fourth-order valence-electron chi connectivity index (χ4n) is 0.537. The van der Waals surface area contributed by atoms with Gasteiger partial charge in [0.1, 0.15) is 0 Å². The molecular weight excluding hydrogens is 126 g/mol. The first-order valence-corrected chi connectivity index (χ1v) is 2.32. The molecule has 0 saturated heterocycles. The van der Waals surface area contributed by atoms with Gasteiger partial charge in [-0.1, -0.05) is 0 Å². The van der Waals surface area contributed by atoms with E-state index in [1.165, 1.54) is 0 Å². The van der Waals surface area contributed by atoms with Crippen LogP contribution in [-0.2, 0) is 0 Å². The van der Waals surface area contributed by atoms with Gasteiger partial charge in [0, 0.05) is 12.3 Å². The molecule has 0 amide bonds. The molecule has 1 aliphatic rings. The third-order valence-corrected chi connectivity index (χ3v) is 1.09. The maximum absolute atomic E-state index is 5.43. The molecule has 0 aliphatic carbocycles. The van der Waals surface area contributed by atoms with Crippen LogP contribution in [0.25, 0.3) is 0 Å². The average Bonchev–Trinajstić information content (AvgIpc) is 1.91. The van der Waals surface area contributed by atoms with Gasteiger partial charge in [-0.3, -0.25) is 4.99 Å². The minimum absolute atomic E-state index is 0. The summed E-state index contributed by atoms with van der Waals surface area (Å²) in [6.07, 6.45) is 1.70. The summed E-state index contributed by atoms with van der Waals surface area (Å²) >= 11 is 0. The van der Waals surface area contributed by atoms with E-state index in [9.17, 15) is 0 Å². The van der Waals surface area contributed by atoms with Gasteiger partial charge in [-0.05, 0) is 0 Å². The highest BCUT2D eigenvalue weighted by Crippen LogP contribution is 1.91. The summed E-state index contributed by atoms with van der Waals surface area (Å²) in [5.41, 5.74) is 10.8. The Hall–Kier alpha value is -0.120. The van der Waals surface area contributed by atoms with Crippen LogP contribution in [0.3, 0.4) is 0 Å². The van der Waals surface area contributed by atoms with Gasteiger partial charge >= 0.3 is 0 Å². The topological polar surface area (TPSA) is 64.4 Å². The molecule has 8 heavy (non-hydrogen) atoms. The van der Waals surface area contributed by atoms with E-state index in [1.54, 1.807) is 6.21 Å². The SMILES string of the molecule is Cl.N[C@H]1C=NC[C@@H]1N. The number of halogens is 1. The van der Waals surface area contributed by atoms with Crippen LogP contribution in [0.1, 0.15) is 0 Å². The lowest BCUT2D eigenvalue weighted by molar-refractivity contribution is 0.677. The molecule has 1 heterocycles. The minimum atomic E-state index is -0.000000000000000222. The van der Waals surface area contributed by atoms with Crippen molar-refractivity contribution in [2.75, 3.05) is 6.54 Å². The molecule has 0 bridgehead atoms. The summed E-state index contributed by atoms with van der Waals surface area (Å²) in [5, 5.41) is 0. The molecule has 0 aromatic heterocycles. The fraction of sp³-hybridized carbons (Fsp3) is 0.750. The molecule has 3 nitrogen and oxygen atoms in total. The van der Waals surface area contributed by atoms with Crippen molar-refractivity contribution in [2.45, 2.75) is 12.1 Å². The van der Waals surface area contributed by atoms with Crippen LogP contribution < -0.4 is 11.5 Å². The smallest absolute Gasteiger partial charge is 0.0567 e. The second-order valence-corrected chi connectivity index (χ2v) is 1.76. The fourth-order valence-corrected chi connectivity index (χ4v) is 0.537. The Labute approximate surface area is 54.6 Å². The summed E-state index contributed by atoms with van der Waals surface area (Å²) in [7, 11) is 0. The van der Waals surface area contributed by atoms with Gasteiger partial charge in [-0.2, -0.15) is 0 Å². The predicted molar refractivity (Wildman–Crippen MR) is 36.6 cm³/mol. The van der Waals surface area contributed by atoms with Crippen molar-refractivity contribution in [2.24, 2.45) is 16.5 Å². The lowest BCUT2D eigenvalue weighted by Crippen LogP contribution is -2.40. The van der Waals surface area contributed by atoms with Crippen LogP contribution in [0, 0.1) is 0 Å². The van der Waals surface area contributed by atoms with Crippen molar-refractivity contribution in [3.8, 4) is 0 Å². The molecule has 0 aromatic carbocycles. The third-order valence-electron chi connectivity index (χ3n) is 1.09. The Bertz CT molecular complexity index is 93.3. The number of aliphatic imine (C=N–C) groups is 1. The second-order valence-electron chi connectivity index (χ2n) is 1.76. The van der Waals surface area contributed by atoms with Crippen molar-refractivity contribution in [3.63, 3.8) is 0 Å². The molecule has 4 heteroatoms. The Morgan fingerprint density at radius 2 is 2.12 bits per heavy atom. The number of nitrogens with two attached hydrogens (primary N) is 2. The van der Waals surface area contributed by atoms with Crippen LogP contribution in [0.15, 0.2) is 4.99 Å². The average molecular weight is 136 g/mol. The molecule has 1 rings (SSSR count). The van der Waals surface area contributed by atoms with E-state index in [0.717, 1.165) is 0 Å². The highest BCUT2D eigenvalue weighted by atomic mass is 35.5. The molecule has 0 aromatic rings. The molecular formula is C4H10ClN3. The molecule has 0 saturated carbocycles. The summed E-state index contributed by atoms with van der Waals surface area (Å²) < 4.78 is 0. The van der Waals surface area contributed by atoms with E-state index < -0.39 is 0 Å². The van der Waals surface area contributed by atoms with Gasteiger partial charge in [-0.25, -0.2) is 0 Å². The van der Waals surface area contributed by atoms with Crippen molar-refractivity contribution in [3.05, 3.63) is 0 Å². The van der Waals surface area contributed by atoms with Crippen molar-refractivity contribution >= 4 is 18.6 Å². The van der Waals surface area contributed by atoms with Crippen LogP contribution in [0.4, 0.5) is 0 Å². The van der Waals surface area contributed by atoms with Crippen LogP contribution in [-0.4, -0.2) is 24.8 Å². The molecule has 0 spiro atoms. The minimum Gasteiger partial charge on any atom is -0.324 e. The first-order chi connectivity index (χ1) is 3.30. The van der Waals surface area contributed by atoms with Gasteiger partial charge < -0.3 is 11.5 Å². The van der Waals surface area contributed by atoms with Crippen molar-refractivity contribution in [1.82, 2.24) is 0 Å². The maximum Gasteiger partial charge on any atom is 0.0567 e.